The van der Waals surface area contributed by atoms with Crippen molar-refractivity contribution in [3.05, 3.63) is 0 Å². The Bertz CT molecular complexity index is 191. The van der Waals surface area contributed by atoms with Gasteiger partial charge in [0.2, 0.25) is 0 Å². The number of rotatable bonds is 7. The van der Waals surface area contributed by atoms with Gasteiger partial charge in [0.05, 0.1) is 0 Å². The predicted octanol–water partition coefficient (Wildman–Crippen LogP) is 3.67. The van der Waals surface area contributed by atoms with E-state index in [1.165, 1.54) is 12.8 Å². The van der Waals surface area contributed by atoms with Gasteiger partial charge in [0.1, 0.15) is 4.75 Å². The zero-order valence-corrected chi connectivity index (χ0v) is 11.6. The topological polar surface area (TPSA) is 26.3 Å². The molecule has 15 heavy (non-hydrogen) atoms. The van der Waals surface area contributed by atoms with Crippen LogP contribution in [0.25, 0.3) is 0 Å². The highest BCUT2D eigenvalue weighted by Gasteiger charge is 2.29. The molecule has 0 radical (unpaired) electrons. The lowest BCUT2D eigenvalue weighted by Gasteiger charge is -2.19. The van der Waals surface area contributed by atoms with Gasteiger partial charge in [0, 0.05) is 12.9 Å². The average Bonchev–Trinajstić information content (AvgIpc) is 2.15. The highest BCUT2D eigenvalue weighted by Crippen LogP contribution is 2.24. The monoisotopic (exact) mass is 250 g/mol. The van der Waals surface area contributed by atoms with Gasteiger partial charge in [-0.3, -0.25) is 0 Å². The summed E-state index contributed by atoms with van der Waals surface area (Å²) in [4.78, 5) is 11.2. The lowest BCUT2D eigenvalue weighted by molar-refractivity contribution is -0.135. The molecule has 0 rings (SSSR count). The van der Waals surface area contributed by atoms with E-state index in [-0.39, 0.29) is 5.97 Å². The molecule has 0 saturated heterocycles. The Balaban J connectivity index is 3.62. The van der Waals surface area contributed by atoms with E-state index >= 15 is 0 Å². The van der Waals surface area contributed by atoms with Gasteiger partial charge in [-0.2, -0.15) is 12.6 Å². The third kappa shape index (κ3) is 7.12. The van der Waals surface area contributed by atoms with Crippen LogP contribution in [0, 0.1) is 5.92 Å². The smallest absolute Gasteiger partial charge is 0.333 e. The van der Waals surface area contributed by atoms with E-state index in [0.29, 0.717) is 0 Å². The van der Waals surface area contributed by atoms with Crippen molar-refractivity contribution < 1.29 is 8.98 Å². The van der Waals surface area contributed by atoms with Crippen LogP contribution in [-0.4, -0.2) is 10.7 Å². The molecule has 1 unspecified atom stereocenters. The lowest BCUT2D eigenvalue weighted by Crippen LogP contribution is -2.29. The van der Waals surface area contributed by atoms with E-state index in [1.807, 2.05) is 0 Å². The molecule has 0 amide bonds. The van der Waals surface area contributed by atoms with Gasteiger partial charge in [-0.1, -0.05) is 39.5 Å². The maximum Gasteiger partial charge on any atom is 0.333 e. The summed E-state index contributed by atoms with van der Waals surface area (Å²) in [6, 6.07) is 0. The van der Waals surface area contributed by atoms with Crippen LogP contribution in [0.4, 0.5) is 0 Å². The Morgan fingerprint density at radius 3 is 2.40 bits per heavy atom. The number of carbonyl (C=O) groups excluding carboxylic acids is 1. The zero-order chi connectivity index (χ0) is 11.9. The minimum Gasteiger partial charge on any atom is -0.394 e. The summed E-state index contributed by atoms with van der Waals surface area (Å²) < 4.78 is 3.69. The summed E-state index contributed by atoms with van der Waals surface area (Å²) in [5, 5.41) is 0. The number of carbonyl (C=O) groups is 1. The lowest BCUT2D eigenvalue weighted by atomic mass is 9.99. The Hall–Kier alpha value is 0.170. The van der Waals surface area contributed by atoms with E-state index in [0.717, 1.165) is 25.2 Å². The molecule has 90 valence electrons. The van der Waals surface area contributed by atoms with Crippen molar-refractivity contribution in [3.8, 4) is 0 Å². The van der Waals surface area contributed by atoms with Crippen LogP contribution >= 0.6 is 25.5 Å². The summed E-state index contributed by atoms with van der Waals surface area (Å²) in [6.45, 7) is 6.22. The van der Waals surface area contributed by atoms with Crippen LogP contribution in [0.5, 0.6) is 0 Å². The molecule has 0 bridgehead atoms. The Morgan fingerprint density at radius 1 is 1.33 bits per heavy atom. The second-order valence-electron chi connectivity index (χ2n) is 4.65. The van der Waals surface area contributed by atoms with Crippen molar-refractivity contribution >= 4 is 31.5 Å². The van der Waals surface area contributed by atoms with Crippen molar-refractivity contribution in [2.75, 3.05) is 0 Å². The number of thiol groups is 2. The molecule has 0 aliphatic rings. The third-order valence-corrected chi connectivity index (χ3v) is 3.04. The molecule has 0 heterocycles. The van der Waals surface area contributed by atoms with Gasteiger partial charge < -0.3 is 4.18 Å². The molecule has 0 aliphatic heterocycles. The maximum absolute atomic E-state index is 11.2. The highest BCUT2D eigenvalue weighted by atomic mass is 32.1. The second kappa shape index (κ2) is 7.44. The minimum atomic E-state index is -0.695. The van der Waals surface area contributed by atoms with E-state index < -0.39 is 4.75 Å². The summed E-state index contributed by atoms with van der Waals surface area (Å²) in [7, 11) is 0. The number of unbranched alkanes of at least 4 members (excludes halogenated alkanes) is 2. The molecule has 0 aromatic carbocycles. The predicted molar refractivity (Wildman–Crippen MR) is 70.4 cm³/mol. The quantitative estimate of drug-likeness (QED) is 0.410. The van der Waals surface area contributed by atoms with Crippen molar-refractivity contribution in [1.82, 2.24) is 0 Å². The first-order valence-electron chi connectivity index (χ1n) is 5.48. The summed E-state index contributed by atoms with van der Waals surface area (Å²) in [5.41, 5.74) is 0. The van der Waals surface area contributed by atoms with Crippen molar-refractivity contribution in [2.24, 2.45) is 5.92 Å². The minimum absolute atomic E-state index is 0.363. The van der Waals surface area contributed by atoms with Crippen molar-refractivity contribution in [2.45, 2.75) is 57.6 Å². The van der Waals surface area contributed by atoms with Crippen LogP contribution in [0.3, 0.4) is 0 Å². The zero-order valence-electron chi connectivity index (χ0n) is 9.82. The molecule has 0 aliphatic carbocycles. The largest absolute Gasteiger partial charge is 0.394 e. The van der Waals surface area contributed by atoms with E-state index in [1.54, 1.807) is 6.92 Å². The van der Waals surface area contributed by atoms with E-state index in [2.05, 4.69) is 43.6 Å². The molecule has 0 aromatic heterocycles. The second-order valence-corrected chi connectivity index (χ2v) is 5.82. The summed E-state index contributed by atoms with van der Waals surface area (Å²) in [6.07, 6.45) is 5.37. The normalized spacial score (nSPS) is 15.1. The van der Waals surface area contributed by atoms with Crippen molar-refractivity contribution in [3.63, 3.8) is 0 Å². The molecular weight excluding hydrogens is 228 g/mol. The van der Waals surface area contributed by atoms with E-state index in [4.69, 9.17) is 0 Å². The standard InChI is InChI=1S/C11H22O2S2/c1-9(2)7-5-4-6-8-11(3,14)10(12)13-15/h9,14-15H,4-8H2,1-3H3. The number of hydrogen-bond donors (Lipinski definition) is 2. The van der Waals surface area contributed by atoms with Gasteiger partial charge in [0.25, 0.3) is 0 Å². The fraction of sp³-hybridized carbons (Fsp3) is 0.909. The molecule has 0 aromatic rings. The Kier molecular flexibility index (Phi) is 7.53. The van der Waals surface area contributed by atoms with Gasteiger partial charge >= 0.3 is 5.97 Å². The average molecular weight is 250 g/mol. The van der Waals surface area contributed by atoms with Gasteiger partial charge in [-0.25, -0.2) is 4.79 Å². The van der Waals surface area contributed by atoms with Crippen LogP contribution in [0.1, 0.15) is 52.9 Å². The molecule has 4 heteroatoms. The Labute approximate surface area is 104 Å². The molecule has 0 fully saturated rings. The van der Waals surface area contributed by atoms with Crippen LogP contribution < -0.4 is 0 Å². The molecule has 0 saturated carbocycles. The number of hydrogen-bond acceptors (Lipinski definition) is 4. The van der Waals surface area contributed by atoms with Gasteiger partial charge in [-0.05, 0) is 19.3 Å². The third-order valence-electron chi connectivity index (χ3n) is 2.47. The summed E-state index contributed by atoms with van der Waals surface area (Å²) in [5.74, 6) is 0.396. The molecule has 0 N–H and O–H groups in total. The maximum atomic E-state index is 11.2. The summed E-state index contributed by atoms with van der Waals surface area (Å²) >= 11 is 7.78. The molecule has 2 nitrogen and oxygen atoms in total. The first kappa shape index (κ1) is 15.2. The first-order valence-corrected chi connectivity index (χ1v) is 6.29. The molecule has 1 atom stereocenters. The van der Waals surface area contributed by atoms with Gasteiger partial charge in [-0.15, -0.1) is 0 Å². The first-order chi connectivity index (χ1) is 6.90. The Morgan fingerprint density at radius 2 is 1.93 bits per heavy atom. The van der Waals surface area contributed by atoms with Crippen LogP contribution in [0.2, 0.25) is 0 Å². The van der Waals surface area contributed by atoms with Crippen molar-refractivity contribution in [1.29, 1.82) is 0 Å². The fourth-order valence-corrected chi connectivity index (χ4v) is 1.88. The fourth-order valence-electron chi connectivity index (χ4n) is 1.40. The SMILES string of the molecule is CC(C)CCCCCC(C)(S)C(=O)OS. The molecule has 0 spiro atoms. The van der Waals surface area contributed by atoms with Crippen LogP contribution in [0.15, 0.2) is 0 Å². The van der Waals surface area contributed by atoms with Crippen LogP contribution in [-0.2, 0) is 8.98 Å². The van der Waals surface area contributed by atoms with Gasteiger partial charge in [0.15, 0.2) is 0 Å². The molecular formula is C11H22O2S2. The highest BCUT2D eigenvalue weighted by molar-refractivity contribution is 7.83. The van der Waals surface area contributed by atoms with E-state index in [9.17, 15) is 4.79 Å².